The van der Waals surface area contributed by atoms with Gasteiger partial charge in [0.1, 0.15) is 6.61 Å². The van der Waals surface area contributed by atoms with E-state index in [0.29, 0.717) is 27.4 Å². The fourth-order valence-electron chi connectivity index (χ4n) is 4.11. The fourth-order valence-corrected chi connectivity index (χ4v) is 5.96. The van der Waals surface area contributed by atoms with Crippen LogP contribution in [0.2, 0.25) is 0 Å². The number of hydrogen-bond donors (Lipinski definition) is 0. The van der Waals surface area contributed by atoms with Gasteiger partial charge in [-0.1, -0.05) is 82.4 Å². The molecule has 0 saturated carbocycles. The SMILES string of the molecule is C=CCOc1c(Br)cc(C=c2sc3n(c2=O)C(c2ccc(Br)cc2)C=C(c2ccccc2)N=3)cc1OC. The van der Waals surface area contributed by atoms with E-state index in [0.717, 1.165) is 31.3 Å². The van der Waals surface area contributed by atoms with Gasteiger partial charge >= 0.3 is 0 Å². The molecule has 0 bridgehead atoms. The number of hydrogen-bond acceptors (Lipinski definition) is 5. The van der Waals surface area contributed by atoms with E-state index in [9.17, 15) is 4.79 Å². The van der Waals surface area contributed by atoms with Crippen molar-refractivity contribution in [2.75, 3.05) is 13.7 Å². The predicted molar refractivity (Wildman–Crippen MR) is 156 cm³/mol. The Morgan fingerprint density at radius 1 is 1.11 bits per heavy atom. The first-order valence-corrected chi connectivity index (χ1v) is 13.8. The second-order valence-electron chi connectivity index (χ2n) is 8.23. The van der Waals surface area contributed by atoms with Crippen molar-refractivity contribution in [2.24, 2.45) is 4.99 Å². The third-order valence-corrected chi connectivity index (χ3v) is 7.92. The van der Waals surface area contributed by atoms with Crippen molar-refractivity contribution in [2.45, 2.75) is 6.04 Å². The summed E-state index contributed by atoms with van der Waals surface area (Å²) < 4.78 is 15.3. The molecule has 5 rings (SSSR count). The Balaban J connectivity index is 1.67. The highest BCUT2D eigenvalue weighted by Gasteiger charge is 2.22. The van der Waals surface area contributed by atoms with Gasteiger partial charge in [-0.05, 0) is 69.0 Å². The maximum atomic E-state index is 13.7. The lowest BCUT2D eigenvalue weighted by molar-refractivity contribution is 0.324. The van der Waals surface area contributed by atoms with E-state index in [1.807, 2.05) is 72.8 Å². The number of halogens is 2. The van der Waals surface area contributed by atoms with Crippen molar-refractivity contribution >= 4 is 55.0 Å². The molecule has 8 heteroatoms. The topological polar surface area (TPSA) is 52.8 Å². The Morgan fingerprint density at radius 2 is 1.86 bits per heavy atom. The molecule has 0 fully saturated rings. The highest BCUT2D eigenvalue weighted by atomic mass is 79.9. The highest BCUT2D eigenvalue weighted by Crippen LogP contribution is 2.37. The van der Waals surface area contributed by atoms with Crippen LogP contribution < -0.4 is 24.4 Å². The Morgan fingerprint density at radius 3 is 2.57 bits per heavy atom. The number of rotatable bonds is 7. The molecule has 1 unspecified atom stereocenters. The predicted octanol–water partition coefficient (Wildman–Crippen LogP) is 6.10. The second kappa shape index (κ2) is 11.0. The number of fused-ring (bicyclic) bond motifs is 1. The van der Waals surface area contributed by atoms with Gasteiger partial charge < -0.3 is 9.47 Å². The van der Waals surface area contributed by atoms with Crippen LogP contribution in [-0.2, 0) is 0 Å². The van der Waals surface area contributed by atoms with Gasteiger partial charge in [0.2, 0.25) is 0 Å². The molecule has 1 aliphatic heterocycles. The summed E-state index contributed by atoms with van der Waals surface area (Å²) in [5.74, 6) is 1.15. The molecular formula is C29H22Br2N2O3S. The molecule has 2 heterocycles. The molecule has 3 aromatic carbocycles. The Bertz CT molecular complexity index is 1670. The minimum atomic E-state index is -0.280. The maximum Gasteiger partial charge on any atom is 0.271 e. The first kappa shape index (κ1) is 25.4. The summed E-state index contributed by atoms with van der Waals surface area (Å²) in [5, 5.41) is 0. The normalized spacial score (nSPS) is 14.9. The molecule has 1 aliphatic rings. The summed E-state index contributed by atoms with van der Waals surface area (Å²) in [4.78, 5) is 19.3. The van der Waals surface area contributed by atoms with Crippen LogP contribution in [0.15, 0.2) is 104 Å². The molecule has 4 aromatic rings. The van der Waals surface area contributed by atoms with Gasteiger partial charge in [0, 0.05) is 4.47 Å². The Labute approximate surface area is 235 Å². The van der Waals surface area contributed by atoms with E-state index < -0.39 is 0 Å². The fraction of sp³-hybridized carbons (Fsp3) is 0.103. The minimum Gasteiger partial charge on any atom is -0.493 e. The molecule has 5 nitrogen and oxygen atoms in total. The molecule has 0 aliphatic carbocycles. The van der Waals surface area contributed by atoms with Gasteiger partial charge in [-0.25, -0.2) is 4.99 Å². The number of benzene rings is 3. The van der Waals surface area contributed by atoms with Gasteiger partial charge in [0.15, 0.2) is 16.3 Å². The molecule has 0 saturated heterocycles. The highest BCUT2D eigenvalue weighted by molar-refractivity contribution is 9.10. The lowest BCUT2D eigenvalue weighted by Gasteiger charge is -2.19. The average Bonchev–Trinajstić information content (AvgIpc) is 3.23. The van der Waals surface area contributed by atoms with Crippen molar-refractivity contribution in [3.63, 3.8) is 0 Å². The quantitative estimate of drug-likeness (QED) is 0.230. The van der Waals surface area contributed by atoms with E-state index in [4.69, 9.17) is 14.5 Å². The number of nitrogens with zero attached hydrogens (tertiary/aromatic N) is 2. The van der Waals surface area contributed by atoms with Crippen LogP contribution in [0.4, 0.5) is 0 Å². The second-order valence-corrected chi connectivity index (χ2v) is 11.0. The summed E-state index contributed by atoms with van der Waals surface area (Å²) in [6.45, 7) is 4.05. The van der Waals surface area contributed by atoms with Gasteiger partial charge in [0.05, 0.1) is 27.9 Å². The van der Waals surface area contributed by atoms with Crippen LogP contribution in [-0.4, -0.2) is 18.3 Å². The van der Waals surface area contributed by atoms with E-state index in [-0.39, 0.29) is 11.6 Å². The Kier molecular flexibility index (Phi) is 7.60. The van der Waals surface area contributed by atoms with Crippen LogP contribution in [0.5, 0.6) is 11.5 Å². The van der Waals surface area contributed by atoms with Crippen LogP contribution in [0, 0.1) is 0 Å². The molecule has 1 aromatic heterocycles. The van der Waals surface area contributed by atoms with Gasteiger partial charge in [-0.15, -0.1) is 0 Å². The minimum absolute atomic E-state index is 0.0953. The monoisotopic (exact) mass is 636 g/mol. The summed E-state index contributed by atoms with van der Waals surface area (Å²) >= 11 is 8.45. The number of allylic oxidation sites excluding steroid dienone is 1. The smallest absolute Gasteiger partial charge is 0.271 e. The van der Waals surface area contributed by atoms with Crippen LogP contribution in [0.25, 0.3) is 11.8 Å². The molecule has 1 atom stereocenters. The van der Waals surface area contributed by atoms with E-state index in [2.05, 4.69) is 44.5 Å². The van der Waals surface area contributed by atoms with Crippen LogP contribution >= 0.6 is 43.2 Å². The lowest BCUT2D eigenvalue weighted by atomic mass is 10.0. The number of ether oxygens (including phenoxy) is 2. The van der Waals surface area contributed by atoms with Crippen molar-refractivity contribution < 1.29 is 9.47 Å². The molecule has 186 valence electrons. The average molecular weight is 638 g/mol. The molecule has 0 amide bonds. The summed E-state index contributed by atoms with van der Waals surface area (Å²) in [6, 6.07) is 21.5. The van der Waals surface area contributed by atoms with Gasteiger partial charge in [-0.3, -0.25) is 9.36 Å². The first-order chi connectivity index (χ1) is 18.0. The zero-order valence-electron chi connectivity index (χ0n) is 19.9. The third kappa shape index (κ3) is 5.28. The number of thiazole rings is 1. The molecule has 0 N–H and O–H groups in total. The molecular weight excluding hydrogens is 616 g/mol. The first-order valence-electron chi connectivity index (χ1n) is 11.4. The third-order valence-electron chi connectivity index (χ3n) is 5.82. The molecule has 0 radical (unpaired) electrons. The summed E-state index contributed by atoms with van der Waals surface area (Å²) in [5.41, 5.74) is 3.57. The van der Waals surface area contributed by atoms with E-state index >= 15 is 0 Å². The van der Waals surface area contributed by atoms with Crippen molar-refractivity contribution in [3.8, 4) is 11.5 Å². The summed E-state index contributed by atoms with van der Waals surface area (Å²) in [6.07, 6.45) is 5.58. The number of aromatic nitrogens is 1. The largest absolute Gasteiger partial charge is 0.493 e. The molecule has 37 heavy (non-hydrogen) atoms. The van der Waals surface area contributed by atoms with Gasteiger partial charge in [0.25, 0.3) is 5.56 Å². The lowest BCUT2D eigenvalue weighted by Crippen LogP contribution is -2.36. The van der Waals surface area contributed by atoms with Crippen molar-refractivity contribution in [1.82, 2.24) is 4.57 Å². The maximum absolute atomic E-state index is 13.7. The standard InChI is InChI=1S/C29H22Br2N2O3S/c1-3-13-36-27-22(31)14-18(15-25(27)35-2)16-26-28(34)33-24(20-9-11-21(30)12-10-20)17-23(32-29(33)37-26)19-7-5-4-6-8-19/h3-12,14-17,24H,1,13H2,2H3. The zero-order valence-corrected chi connectivity index (χ0v) is 23.8. The van der Waals surface area contributed by atoms with Crippen LogP contribution in [0.3, 0.4) is 0 Å². The summed E-state index contributed by atoms with van der Waals surface area (Å²) in [7, 11) is 1.59. The van der Waals surface area contributed by atoms with Gasteiger partial charge in [-0.2, -0.15) is 0 Å². The van der Waals surface area contributed by atoms with Crippen molar-refractivity contribution in [1.29, 1.82) is 0 Å². The van der Waals surface area contributed by atoms with E-state index in [1.54, 1.807) is 17.8 Å². The van der Waals surface area contributed by atoms with Crippen LogP contribution in [0.1, 0.15) is 22.7 Å². The number of methoxy groups -OCH3 is 1. The molecule has 0 spiro atoms. The van der Waals surface area contributed by atoms with Crippen molar-refractivity contribution in [3.05, 3.63) is 131 Å². The Hall–Kier alpha value is -3.20. The zero-order chi connectivity index (χ0) is 25.9. The van der Waals surface area contributed by atoms with E-state index in [1.165, 1.54) is 11.3 Å².